The van der Waals surface area contributed by atoms with Crippen LogP contribution in [0.25, 0.3) is 0 Å². The summed E-state index contributed by atoms with van der Waals surface area (Å²) in [7, 11) is 1.56. The quantitative estimate of drug-likeness (QED) is 0.591. The molecule has 2 aromatic carbocycles. The fourth-order valence-corrected chi connectivity index (χ4v) is 1.88. The van der Waals surface area contributed by atoms with Crippen LogP contribution in [0.4, 0.5) is 4.39 Å². The van der Waals surface area contributed by atoms with Gasteiger partial charge in [0.05, 0.1) is 7.11 Å². The molecule has 7 heteroatoms. The molecular formula is C16H16FN3O2S. The highest BCUT2D eigenvalue weighted by Gasteiger charge is 2.05. The zero-order chi connectivity index (χ0) is 16.7. The van der Waals surface area contributed by atoms with Gasteiger partial charge in [0.25, 0.3) is 5.91 Å². The van der Waals surface area contributed by atoms with E-state index in [4.69, 9.17) is 17.0 Å². The maximum absolute atomic E-state index is 12.8. The average molecular weight is 333 g/mol. The molecule has 0 saturated carbocycles. The minimum absolute atomic E-state index is 0.260. The molecule has 0 atom stereocenters. The van der Waals surface area contributed by atoms with Gasteiger partial charge in [0, 0.05) is 12.1 Å². The monoisotopic (exact) mass is 333 g/mol. The average Bonchev–Trinajstić information content (AvgIpc) is 2.59. The van der Waals surface area contributed by atoms with E-state index in [2.05, 4.69) is 16.2 Å². The third-order valence-electron chi connectivity index (χ3n) is 3.01. The van der Waals surface area contributed by atoms with Crippen LogP contribution in [-0.4, -0.2) is 18.1 Å². The first-order chi connectivity index (χ1) is 11.1. The summed E-state index contributed by atoms with van der Waals surface area (Å²) < 4.78 is 17.8. The second-order valence-electron chi connectivity index (χ2n) is 4.62. The number of hydrogen-bond donors (Lipinski definition) is 3. The van der Waals surface area contributed by atoms with E-state index in [1.165, 1.54) is 12.1 Å². The molecule has 0 aliphatic heterocycles. The van der Waals surface area contributed by atoms with Gasteiger partial charge in [0.1, 0.15) is 11.6 Å². The molecule has 3 N–H and O–H groups in total. The number of methoxy groups -OCH3 is 1. The summed E-state index contributed by atoms with van der Waals surface area (Å²) in [6.07, 6.45) is 0. The molecule has 120 valence electrons. The lowest BCUT2D eigenvalue weighted by Gasteiger charge is -2.12. The van der Waals surface area contributed by atoms with Gasteiger partial charge in [-0.25, -0.2) is 4.39 Å². The van der Waals surface area contributed by atoms with E-state index in [0.717, 1.165) is 5.56 Å². The number of amides is 1. The molecule has 0 unspecified atom stereocenters. The van der Waals surface area contributed by atoms with Crippen molar-refractivity contribution in [1.29, 1.82) is 0 Å². The Morgan fingerprint density at radius 1 is 1.09 bits per heavy atom. The summed E-state index contributed by atoms with van der Waals surface area (Å²) in [5, 5.41) is 3.17. The molecule has 0 saturated heterocycles. The zero-order valence-electron chi connectivity index (χ0n) is 12.4. The van der Waals surface area contributed by atoms with Crippen molar-refractivity contribution in [3.8, 4) is 5.75 Å². The Bertz CT molecular complexity index is 675. The molecule has 2 aromatic rings. The summed E-state index contributed by atoms with van der Waals surface area (Å²) in [6, 6.07) is 12.7. The number of ether oxygens (including phenoxy) is 1. The largest absolute Gasteiger partial charge is 0.497 e. The number of carbonyl (C=O) groups is 1. The smallest absolute Gasteiger partial charge is 0.269 e. The van der Waals surface area contributed by atoms with Gasteiger partial charge in [-0.15, -0.1) is 0 Å². The Labute approximate surface area is 138 Å². The summed E-state index contributed by atoms with van der Waals surface area (Å²) in [4.78, 5) is 11.9. The third kappa shape index (κ3) is 5.23. The molecule has 2 rings (SSSR count). The zero-order valence-corrected chi connectivity index (χ0v) is 13.2. The number of carbonyl (C=O) groups excluding carboxylic acids is 1. The number of benzene rings is 2. The number of rotatable bonds is 4. The Hall–Kier alpha value is -2.67. The van der Waals surface area contributed by atoms with Crippen LogP contribution in [0.5, 0.6) is 5.75 Å². The standard InChI is InChI=1S/C16H16FN3O2S/c1-22-14-8-4-12(5-9-14)15(21)19-20-16(23)18-10-11-2-6-13(17)7-3-11/h2-9H,10H2,1H3,(H,19,21)(H2,18,20,23). The fraction of sp³-hybridized carbons (Fsp3) is 0.125. The Morgan fingerprint density at radius 3 is 2.35 bits per heavy atom. The van der Waals surface area contributed by atoms with E-state index in [9.17, 15) is 9.18 Å². The minimum Gasteiger partial charge on any atom is -0.497 e. The second-order valence-corrected chi connectivity index (χ2v) is 5.03. The van der Waals surface area contributed by atoms with Crippen LogP contribution >= 0.6 is 12.2 Å². The predicted molar refractivity (Wildman–Crippen MR) is 89.4 cm³/mol. The summed E-state index contributed by atoms with van der Waals surface area (Å²) >= 11 is 5.06. The Morgan fingerprint density at radius 2 is 1.74 bits per heavy atom. The van der Waals surface area contributed by atoms with Crippen LogP contribution in [0, 0.1) is 5.82 Å². The normalized spacial score (nSPS) is 9.83. The number of hydrogen-bond acceptors (Lipinski definition) is 3. The number of hydrazine groups is 1. The molecule has 1 amide bonds. The van der Waals surface area contributed by atoms with Gasteiger partial charge < -0.3 is 10.1 Å². The first kappa shape index (κ1) is 16.7. The number of thiocarbonyl (C=S) groups is 1. The number of nitrogens with one attached hydrogen (secondary N) is 3. The van der Waals surface area contributed by atoms with Crippen molar-refractivity contribution in [2.24, 2.45) is 0 Å². The molecule has 0 fully saturated rings. The lowest BCUT2D eigenvalue weighted by Crippen LogP contribution is -2.46. The van der Waals surface area contributed by atoms with Crippen LogP contribution in [0.15, 0.2) is 48.5 Å². The van der Waals surface area contributed by atoms with Crippen molar-refractivity contribution >= 4 is 23.2 Å². The molecule has 23 heavy (non-hydrogen) atoms. The van der Waals surface area contributed by atoms with Crippen LogP contribution in [0.1, 0.15) is 15.9 Å². The van der Waals surface area contributed by atoms with E-state index in [1.54, 1.807) is 43.5 Å². The van der Waals surface area contributed by atoms with E-state index in [-0.39, 0.29) is 16.8 Å². The molecular weight excluding hydrogens is 317 g/mol. The van der Waals surface area contributed by atoms with Crippen molar-refractivity contribution in [1.82, 2.24) is 16.2 Å². The van der Waals surface area contributed by atoms with Gasteiger partial charge in [0.2, 0.25) is 0 Å². The van der Waals surface area contributed by atoms with Gasteiger partial charge in [-0.3, -0.25) is 15.6 Å². The first-order valence-electron chi connectivity index (χ1n) is 6.81. The fourth-order valence-electron chi connectivity index (χ4n) is 1.76. The van der Waals surface area contributed by atoms with Gasteiger partial charge in [-0.2, -0.15) is 0 Å². The summed E-state index contributed by atoms with van der Waals surface area (Å²) in [5.41, 5.74) is 6.44. The molecule has 0 aliphatic rings. The highest BCUT2D eigenvalue weighted by Crippen LogP contribution is 2.10. The van der Waals surface area contributed by atoms with E-state index in [1.807, 2.05) is 0 Å². The van der Waals surface area contributed by atoms with E-state index in [0.29, 0.717) is 17.9 Å². The molecule has 5 nitrogen and oxygen atoms in total. The molecule has 0 spiro atoms. The van der Waals surface area contributed by atoms with Crippen LogP contribution < -0.4 is 20.9 Å². The highest BCUT2D eigenvalue weighted by atomic mass is 32.1. The topological polar surface area (TPSA) is 62.4 Å². The summed E-state index contributed by atoms with van der Waals surface area (Å²) in [5.74, 6) is 0.0609. The minimum atomic E-state index is -0.321. The van der Waals surface area contributed by atoms with Crippen LogP contribution in [0.2, 0.25) is 0 Å². The van der Waals surface area contributed by atoms with E-state index < -0.39 is 0 Å². The van der Waals surface area contributed by atoms with E-state index >= 15 is 0 Å². The highest BCUT2D eigenvalue weighted by molar-refractivity contribution is 7.80. The van der Waals surface area contributed by atoms with Gasteiger partial charge in [-0.05, 0) is 54.2 Å². The third-order valence-corrected chi connectivity index (χ3v) is 3.25. The van der Waals surface area contributed by atoms with Crippen LogP contribution in [-0.2, 0) is 6.54 Å². The molecule has 0 aliphatic carbocycles. The van der Waals surface area contributed by atoms with Crippen molar-refractivity contribution in [2.75, 3.05) is 7.11 Å². The SMILES string of the molecule is COc1ccc(C(=O)NNC(=S)NCc2ccc(F)cc2)cc1. The van der Waals surface area contributed by atoms with Crippen molar-refractivity contribution in [3.05, 3.63) is 65.5 Å². The first-order valence-corrected chi connectivity index (χ1v) is 7.22. The second kappa shape index (κ2) is 8.09. The van der Waals surface area contributed by atoms with Crippen molar-refractivity contribution in [3.63, 3.8) is 0 Å². The number of halogens is 1. The molecule has 0 aromatic heterocycles. The van der Waals surface area contributed by atoms with Gasteiger partial charge in [-0.1, -0.05) is 12.1 Å². The molecule has 0 radical (unpaired) electrons. The Balaban J connectivity index is 1.76. The van der Waals surface area contributed by atoms with Gasteiger partial charge in [0.15, 0.2) is 5.11 Å². The van der Waals surface area contributed by atoms with Crippen molar-refractivity contribution < 1.29 is 13.9 Å². The molecule has 0 heterocycles. The Kier molecular flexibility index (Phi) is 5.87. The maximum Gasteiger partial charge on any atom is 0.269 e. The van der Waals surface area contributed by atoms with Gasteiger partial charge >= 0.3 is 0 Å². The van der Waals surface area contributed by atoms with Crippen molar-refractivity contribution in [2.45, 2.75) is 6.54 Å². The lowest BCUT2D eigenvalue weighted by atomic mass is 10.2. The lowest BCUT2D eigenvalue weighted by molar-refractivity contribution is 0.0943. The predicted octanol–water partition coefficient (Wildman–Crippen LogP) is 2.14. The molecule has 0 bridgehead atoms. The summed E-state index contributed by atoms with van der Waals surface area (Å²) in [6.45, 7) is 0.421. The van der Waals surface area contributed by atoms with Crippen LogP contribution in [0.3, 0.4) is 0 Å². The maximum atomic E-state index is 12.8.